The van der Waals surface area contributed by atoms with Gasteiger partial charge < -0.3 is 44.5 Å². The molecule has 2 aromatic rings. The number of ether oxygens (including phenoxy) is 4. The first-order valence-electron chi connectivity index (χ1n) is 10.3. The van der Waals surface area contributed by atoms with Crippen LogP contribution in [0.15, 0.2) is 36.4 Å². The molecule has 0 spiro atoms. The molecular formula is C23H32O9. The van der Waals surface area contributed by atoms with Crippen molar-refractivity contribution in [3.63, 3.8) is 0 Å². The molecule has 178 valence electrons. The standard InChI is InChI=1S/C23H32O9/c1-29-20-10-15(4-3-9-24)5-7-19(20)32-22(14-27)23(28)16-6-8-18(21(11-16)30-2)31-17(12-25)13-26/h5-8,10-11,17,22-28H,3-4,9,12-14H2,1-2H3. The summed E-state index contributed by atoms with van der Waals surface area (Å²) in [5, 5.41) is 48.1. The molecular weight excluding hydrogens is 420 g/mol. The van der Waals surface area contributed by atoms with Crippen LogP contribution in [-0.4, -0.2) is 78.4 Å². The van der Waals surface area contributed by atoms with Crippen LogP contribution in [0.5, 0.6) is 23.0 Å². The summed E-state index contributed by atoms with van der Waals surface area (Å²) in [7, 11) is 2.92. The quantitative estimate of drug-likeness (QED) is 0.282. The number of aliphatic hydroxyl groups is 5. The maximum atomic E-state index is 10.8. The molecule has 0 aliphatic carbocycles. The number of rotatable bonds is 14. The molecule has 0 bridgehead atoms. The molecule has 0 aliphatic rings. The zero-order chi connectivity index (χ0) is 23.5. The molecule has 2 unspecified atom stereocenters. The molecule has 0 heterocycles. The smallest absolute Gasteiger partial charge is 0.161 e. The summed E-state index contributed by atoms with van der Waals surface area (Å²) < 4.78 is 22.0. The molecule has 32 heavy (non-hydrogen) atoms. The highest BCUT2D eigenvalue weighted by molar-refractivity contribution is 5.45. The van der Waals surface area contributed by atoms with Gasteiger partial charge in [0, 0.05) is 6.61 Å². The first-order chi connectivity index (χ1) is 15.5. The third-order valence-corrected chi connectivity index (χ3v) is 4.89. The van der Waals surface area contributed by atoms with Gasteiger partial charge in [-0.25, -0.2) is 0 Å². The Morgan fingerprint density at radius 2 is 1.38 bits per heavy atom. The molecule has 2 aromatic carbocycles. The maximum Gasteiger partial charge on any atom is 0.161 e. The van der Waals surface area contributed by atoms with Crippen LogP contribution in [0, 0.1) is 0 Å². The highest BCUT2D eigenvalue weighted by atomic mass is 16.5. The van der Waals surface area contributed by atoms with Gasteiger partial charge in [-0.15, -0.1) is 0 Å². The van der Waals surface area contributed by atoms with E-state index in [9.17, 15) is 20.4 Å². The topological polar surface area (TPSA) is 138 Å². The first kappa shape index (κ1) is 25.7. The molecule has 2 atom stereocenters. The van der Waals surface area contributed by atoms with E-state index >= 15 is 0 Å². The molecule has 0 saturated heterocycles. The van der Waals surface area contributed by atoms with E-state index in [1.54, 1.807) is 24.3 Å². The van der Waals surface area contributed by atoms with Crippen LogP contribution in [0.2, 0.25) is 0 Å². The zero-order valence-corrected chi connectivity index (χ0v) is 18.3. The average molecular weight is 453 g/mol. The van der Waals surface area contributed by atoms with Gasteiger partial charge in [-0.1, -0.05) is 12.1 Å². The molecule has 0 fully saturated rings. The average Bonchev–Trinajstić information content (AvgIpc) is 2.84. The van der Waals surface area contributed by atoms with Crippen molar-refractivity contribution in [3.8, 4) is 23.0 Å². The van der Waals surface area contributed by atoms with E-state index in [-0.39, 0.29) is 31.3 Å². The molecule has 9 heteroatoms. The summed E-state index contributed by atoms with van der Waals surface area (Å²) in [4.78, 5) is 0. The fraction of sp³-hybridized carbons (Fsp3) is 0.478. The summed E-state index contributed by atoms with van der Waals surface area (Å²) >= 11 is 0. The number of hydrogen-bond donors (Lipinski definition) is 5. The van der Waals surface area contributed by atoms with Crippen molar-refractivity contribution in [1.82, 2.24) is 0 Å². The van der Waals surface area contributed by atoms with E-state index in [1.165, 1.54) is 20.3 Å². The monoisotopic (exact) mass is 452 g/mol. The van der Waals surface area contributed by atoms with Gasteiger partial charge >= 0.3 is 0 Å². The van der Waals surface area contributed by atoms with Gasteiger partial charge in [0.05, 0.1) is 34.0 Å². The van der Waals surface area contributed by atoms with E-state index in [0.29, 0.717) is 29.9 Å². The van der Waals surface area contributed by atoms with Crippen LogP contribution in [0.25, 0.3) is 0 Å². The highest BCUT2D eigenvalue weighted by Crippen LogP contribution is 2.35. The third kappa shape index (κ3) is 6.72. The van der Waals surface area contributed by atoms with Crippen LogP contribution in [0.3, 0.4) is 0 Å². The van der Waals surface area contributed by atoms with E-state index < -0.39 is 24.9 Å². The predicted octanol–water partition coefficient (Wildman–Crippen LogP) is 0.834. The fourth-order valence-corrected chi connectivity index (χ4v) is 3.10. The zero-order valence-electron chi connectivity index (χ0n) is 18.3. The lowest BCUT2D eigenvalue weighted by molar-refractivity contribution is -0.000598. The largest absolute Gasteiger partial charge is 0.493 e. The molecule has 9 nitrogen and oxygen atoms in total. The normalized spacial score (nSPS) is 13.0. The van der Waals surface area contributed by atoms with Crippen molar-refractivity contribution in [1.29, 1.82) is 0 Å². The van der Waals surface area contributed by atoms with Gasteiger partial charge in [0.25, 0.3) is 0 Å². The minimum absolute atomic E-state index is 0.0906. The molecule has 2 rings (SSSR count). The summed E-state index contributed by atoms with van der Waals surface area (Å²) in [6.45, 7) is -1.11. The van der Waals surface area contributed by atoms with Crippen molar-refractivity contribution in [2.45, 2.75) is 31.2 Å². The van der Waals surface area contributed by atoms with Gasteiger partial charge in [0.2, 0.25) is 0 Å². The molecule has 0 radical (unpaired) electrons. The van der Waals surface area contributed by atoms with E-state index in [2.05, 4.69) is 0 Å². The van der Waals surface area contributed by atoms with Crippen LogP contribution < -0.4 is 18.9 Å². The third-order valence-electron chi connectivity index (χ3n) is 4.89. The summed E-state index contributed by atoms with van der Waals surface area (Å²) in [6, 6.07) is 9.98. The fourth-order valence-electron chi connectivity index (χ4n) is 3.10. The van der Waals surface area contributed by atoms with Crippen molar-refractivity contribution in [2.75, 3.05) is 40.6 Å². The Morgan fingerprint density at radius 3 is 1.97 bits per heavy atom. The van der Waals surface area contributed by atoms with Crippen LogP contribution in [0.4, 0.5) is 0 Å². The van der Waals surface area contributed by atoms with Gasteiger partial charge in [0.1, 0.15) is 12.2 Å². The van der Waals surface area contributed by atoms with Crippen LogP contribution in [0.1, 0.15) is 23.7 Å². The Balaban J connectivity index is 2.21. The Morgan fingerprint density at radius 1 is 0.750 bits per heavy atom. The lowest BCUT2D eigenvalue weighted by Gasteiger charge is -2.25. The summed E-state index contributed by atoms with van der Waals surface area (Å²) in [5.74, 6) is 1.39. The number of hydrogen-bond acceptors (Lipinski definition) is 9. The lowest BCUT2D eigenvalue weighted by Crippen LogP contribution is -2.29. The molecule has 0 aromatic heterocycles. The van der Waals surface area contributed by atoms with Gasteiger partial charge in [-0.3, -0.25) is 0 Å². The maximum absolute atomic E-state index is 10.8. The van der Waals surface area contributed by atoms with Crippen LogP contribution >= 0.6 is 0 Å². The van der Waals surface area contributed by atoms with E-state index in [1.807, 2.05) is 6.07 Å². The van der Waals surface area contributed by atoms with Crippen molar-refractivity contribution < 1.29 is 44.5 Å². The van der Waals surface area contributed by atoms with Crippen molar-refractivity contribution in [3.05, 3.63) is 47.5 Å². The first-order valence-corrected chi connectivity index (χ1v) is 10.3. The molecule has 0 aliphatic heterocycles. The van der Waals surface area contributed by atoms with Gasteiger partial charge in [-0.2, -0.15) is 0 Å². The minimum atomic E-state index is -1.20. The Hall–Kier alpha value is -2.56. The summed E-state index contributed by atoms with van der Waals surface area (Å²) in [6.07, 6.45) is -1.69. The second-order valence-electron chi connectivity index (χ2n) is 7.11. The highest BCUT2D eigenvalue weighted by Gasteiger charge is 2.25. The lowest BCUT2D eigenvalue weighted by atomic mass is 10.0. The second kappa shape index (κ2) is 13.1. The van der Waals surface area contributed by atoms with E-state index in [0.717, 1.165) is 5.56 Å². The number of aliphatic hydroxyl groups excluding tert-OH is 5. The van der Waals surface area contributed by atoms with Crippen LogP contribution in [-0.2, 0) is 6.42 Å². The Labute approximate surface area is 187 Å². The van der Waals surface area contributed by atoms with E-state index in [4.69, 9.17) is 24.1 Å². The number of methoxy groups -OCH3 is 2. The number of benzene rings is 2. The molecule has 5 N–H and O–H groups in total. The summed E-state index contributed by atoms with van der Waals surface area (Å²) in [5.41, 5.74) is 1.38. The Kier molecular flexibility index (Phi) is 10.5. The molecule has 0 amide bonds. The SMILES string of the molecule is COc1cc(C(O)C(CO)Oc2ccc(CCCO)cc2OC)ccc1OC(CO)CO. The number of aryl methyl sites for hydroxylation is 1. The van der Waals surface area contributed by atoms with Gasteiger partial charge in [-0.05, 0) is 48.2 Å². The van der Waals surface area contributed by atoms with Crippen molar-refractivity contribution in [2.24, 2.45) is 0 Å². The predicted molar refractivity (Wildman–Crippen MR) is 116 cm³/mol. The second-order valence-corrected chi connectivity index (χ2v) is 7.11. The Bertz CT molecular complexity index is 823. The minimum Gasteiger partial charge on any atom is -0.493 e. The van der Waals surface area contributed by atoms with Gasteiger partial charge in [0.15, 0.2) is 29.1 Å². The molecule has 0 saturated carbocycles. The van der Waals surface area contributed by atoms with Crippen molar-refractivity contribution >= 4 is 0 Å².